The molecule has 1 unspecified atom stereocenters. The van der Waals surface area contributed by atoms with Gasteiger partial charge in [-0.15, -0.1) is 0 Å². The Labute approximate surface area is 98.0 Å². The monoisotopic (exact) mass is 243 g/mol. The van der Waals surface area contributed by atoms with Crippen molar-refractivity contribution in [3.05, 3.63) is 23.8 Å². The Balaban J connectivity index is 3.05. The van der Waals surface area contributed by atoms with Crippen LogP contribution in [0.4, 0.5) is 20.2 Å². The largest absolute Gasteiger partial charge is 0.395 e. The van der Waals surface area contributed by atoms with Crippen molar-refractivity contribution in [3.63, 3.8) is 0 Å². The number of anilines is 2. The second-order valence-electron chi connectivity index (χ2n) is 4.12. The molecule has 0 aliphatic carbocycles. The van der Waals surface area contributed by atoms with E-state index in [0.29, 0.717) is 6.07 Å². The molecule has 0 radical (unpaired) electrons. The lowest BCUT2D eigenvalue weighted by Crippen LogP contribution is -2.39. The summed E-state index contributed by atoms with van der Waals surface area (Å²) >= 11 is 0. The van der Waals surface area contributed by atoms with Crippen molar-refractivity contribution in [3.8, 4) is 0 Å². The molecule has 0 spiro atoms. The molecule has 1 amide bonds. The zero-order valence-electron chi connectivity index (χ0n) is 9.63. The van der Waals surface area contributed by atoms with E-state index in [1.807, 2.05) is 0 Å². The van der Waals surface area contributed by atoms with Gasteiger partial charge in [0.25, 0.3) is 0 Å². The first kappa shape index (κ1) is 13.2. The van der Waals surface area contributed by atoms with Crippen molar-refractivity contribution in [1.29, 1.82) is 0 Å². The SMILES string of the molecule is CC(C)C(Nc1cc(F)cc(F)c1N)C(N)=O. The summed E-state index contributed by atoms with van der Waals surface area (Å²) < 4.78 is 26.2. The maximum Gasteiger partial charge on any atom is 0.240 e. The zero-order valence-corrected chi connectivity index (χ0v) is 9.63. The van der Waals surface area contributed by atoms with Crippen LogP contribution in [0.5, 0.6) is 0 Å². The van der Waals surface area contributed by atoms with Gasteiger partial charge in [0.15, 0.2) is 5.82 Å². The van der Waals surface area contributed by atoms with Gasteiger partial charge < -0.3 is 16.8 Å². The lowest BCUT2D eigenvalue weighted by molar-refractivity contribution is -0.119. The van der Waals surface area contributed by atoms with Crippen molar-refractivity contribution in [2.45, 2.75) is 19.9 Å². The van der Waals surface area contributed by atoms with Crippen LogP contribution >= 0.6 is 0 Å². The Morgan fingerprint density at radius 3 is 2.41 bits per heavy atom. The molecule has 0 saturated heterocycles. The minimum absolute atomic E-state index is 0.0278. The van der Waals surface area contributed by atoms with Crippen LogP contribution in [-0.2, 0) is 4.79 Å². The molecule has 1 aromatic carbocycles. The molecule has 94 valence electrons. The molecule has 1 atom stereocenters. The summed E-state index contributed by atoms with van der Waals surface area (Å²) in [5.74, 6) is -2.38. The van der Waals surface area contributed by atoms with Gasteiger partial charge in [0.05, 0.1) is 11.4 Å². The summed E-state index contributed by atoms with van der Waals surface area (Å²) in [4.78, 5) is 11.2. The van der Waals surface area contributed by atoms with Gasteiger partial charge in [-0.2, -0.15) is 0 Å². The smallest absolute Gasteiger partial charge is 0.240 e. The molecule has 6 heteroatoms. The molecular weight excluding hydrogens is 228 g/mol. The number of nitrogen functional groups attached to an aromatic ring is 1. The minimum atomic E-state index is -0.875. The molecule has 5 N–H and O–H groups in total. The van der Waals surface area contributed by atoms with E-state index in [4.69, 9.17) is 11.5 Å². The summed E-state index contributed by atoms with van der Waals surface area (Å²) in [7, 11) is 0. The highest BCUT2D eigenvalue weighted by Gasteiger charge is 2.21. The van der Waals surface area contributed by atoms with Gasteiger partial charge in [-0.25, -0.2) is 8.78 Å². The number of carbonyl (C=O) groups excluding carboxylic acids is 1. The molecular formula is C11H15F2N3O. The van der Waals surface area contributed by atoms with E-state index in [2.05, 4.69) is 5.32 Å². The molecule has 0 aliphatic rings. The lowest BCUT2D eigenvalue weighted by Gasteiger charge is -2.21. The standard InChI is InChI=1S/C11H15F2N3O/c1-5(2)10(11(15)17)16-8-4-6(12)3-7(13)9(8)14/h3-5,10,16H,14H2,1-2H3,(H2,15,17). The molecule has 0 fully saturated rings. The van der Waals surface area contributed by atoms with Crippen LogP contribution in [0.25, 0.3) is 0 Å². The van der Waals surface area contributed by atoms with E-state index in [9.17, 15) is 13.6 Å². The predicted molar refractivity (Wildman–Crippen MR) is 62.2 cm³/mol. The average Bonchev–Trinajstić information content (AvgIpc) is 2.19. The topological polar surface area (TPSA) is 81.1 Å². The van der Waals surface area contributed by atoms with Crippen molar-refractivity contribution >= 4 is 17.3 Å². The van der Waals surface area contributed by atoms with Crippen LogP contribution in [0.2, 0.25) is 0 Å². The molecule has 0 saturated carbocycles. The Morgan fingerprint density at radius 2 is 1.94 bits per heavy atom. The number of rotatable bonds is 4. The second-order valence-corrected chi connectivity index (χ2v) is 4.12. The number of amides is 1. The molecule has 0 aliphatic heterocycles. The fourth-order valence-corrected chi connectivity index (χ4v) is 1.44. The van der Waals surface area contributed by atoms with Gasteiger partial charge in [0.1, 0.15) is 11.9 Å². The number of carbonyl (C=O) groups is 1. The predicted octanol–water partition coefficient (Wildman–Crippen LogP) is 1.47. The summed E-state index contributed by atoms with van der Waals surface area (Å²) in [6.07, 6.45) is 0. The maximum atomic E-state index is 13.2. The van der Waals surface area contributed by atoms with Crippen LogP contribution in [0.15, 0.2) is 12.1 Å². The Bertz CT molecular complexity index is 435. The Kier molecular flexibility index (Phi) is 3.88. The summed E-state index contributed by atoms with van der Waals surface area (Å²) in [5, 5.41) is 2.65. The summed E-state index contributed by atoms with van der Waals surface area (Å²) in [6.45, 7) is 3.52. The van der Waals surface area contributed by atoms with Crippen molar-refractivity contribution in [1.82, 2.24) is 0 Å². The Morgan fingerprint density at radius 1 is 1.35 bits per heavy atom. The average molecular weight is 243 g/mol. The first-order valence-corrected chi connectivity index (χ1v) is 5.13. The number of nitrogens with one attached hydrogen (secondary N) is 1. The van der Waals surface area contributed by atoms with Gasteiger partial charge in [0.2, 0.25) is 5.91 Å². The number of primary amides is 1. The highest BCUT2D eigenvalue weighted by molar-refractivity contribution is 5.84. The van der Waals surface area contributed by atoms with E-state index in [1.165, 1.54) is 0 Å². The Hall–Kier alpha value is -1.85. The normalized spacial score (nSPS) is 12.5. The molecule has 17 heavy (non-hydrogen) atoms. The molecule has 1 aromatic rings. The first-order valence-electron chi connectivity index (χ1n) is 5.13. The number of hydrogen-bond acceptors (Lipinski definition) is 3. The van der Waals surface area contributed by atoms with Gasteiger partial charge in [-0.1, -0.05) is 13.8 Å². The van der Waals surface area contributed by atoms with Crippen molar-refractivity contribution < 1.29 is 13.6 Å². The van der Waals surface area contributed by atoms with E-state index in [-0.39, 0.29) is 17.3 Å². The highest BCUT2D eigenvalue weighted by Crippen LogP contribution is 2.25. The van der Waals surface area contributed by atoms with Crippen molar-refractivity contribution in [2.75, 3.05) is 11.1 Å². The number of halogens is 2. The fraction of sp³-hybridized carbons (Fsp3) is 0.364. The molecule has 0 heterocycles. The highest BCUT2D eigenvalue weighted by atomic mass is 19.1. The third kappa shape index (κ3) is 3.05. The van der Waals surface area contributed by atoms with E-state index in [0.717, 1.165) is 6.07 Å². The number of nitrogens with two attached hydrogens (primary N) is 2. The fourth-order valence-electron chi connectivity index (χ4n) is 1.44. The first-order chi connectivity index (χ1) is 7.82. The number of benzene rings is 1. The van der Waals surface area contributed by atoms with Crippen molar-refractivity contribution in [2.24, 2.45) is 11.7 Å². The third-order valence-electron chi connectivity index (χ3n) is 2.38. The quantitative estimate of drug-likeness (QED) is 0.700. The third-order valence-corrected chi connectivity index (χ3v) is 2.38. The van der Waals surface area contributed by atoms with Gasteiger partial charge in [0, 0.05) is 6.07 Å². The van der Waals surface area contributed by atoms with Crippen LogP contribution in [0, 0.1) is 17.6 Å². The van der Waals surface area contributed by atoms with Crippen LogP contribution in [0.3, 0.4) is 0 Å². The van der Waals surface area contributed by atoms with Gasteiger partial charge in [-0.3, -0.25) is 4.79 Å². The van der Waals surface area contributed by atoms with Gasteiger partial charge >= 0.3 is 0 Å². The van der Waals surface area contributed by atoms with Crippen LogP contribution < -0.4 is 16.8 Å². The molecule has 0 aromatic heterocycles. The maximum absolute atomic E-state index is 13.2. The van der Waals surface area contributed by atoms with Crippen LogP contribution in [-0.4, -0.2) is 11.9 Å². The molecule has 0 bridgehead atoms. The van der Waals surface area contributed by atoms with Crippen LogP contribution in [0.1, 0.15) is 13.8 Å². The second kappa shape index (κ2) is 4.99. The molecule has 1 rings (SSSR count). The van der Waals surface area contributed by atoms with E-state index in [1.54, 1.807) is 13.8 Å². The molecule has 4 nitrogen and oxygen atoms in total. The van der Waals surface area contributed by atoms with E-state index < -0.39 is 23.6 Å². The summed E-state index contributed by atoms with van der Waals surface area (Å²) in [5.41, 5.74) is 10.4. The zero-order chi connectivity index (χ0) is 13.2. The minimum Gasteiger partial charge on any atom is -0.395 e. The summed E-state index contributed by atoms with van der Waals surface area (Å²) in [6, 6.07) is 0.963. The lowest BCUT2D eigenvalue weighted by atomic mass is 10.0. The van der Waals surface area contributed by atoms with E-state index >= 15 is 0 Å². The van der Waals surface area contributed by atoms with Gasteiger partial charge in [-0.05, 0) is 12.0 Å². The number of hydrogen-bond donors (Lipinski definition) is 3.